The van der Waals surface area contributed by atoms with Crippen LogP contribution in [0.25, 0.3) is 0 Å². The minimum atomic E-state index is 0.102. The molecule has 1 aliphatic rings. The zero-order valence-corrected chi connectivity index (χ0v) is 22.8. The number of hydrogen-bond acceptors (Lipinski definition) is 5. The highest BCUT2D eigenvalue weighted by Gasteiger charge is 2.22. The summed E-state index contributed by atoms with van der Waals surface area (Å²) in [6.07, 6.45) is 3.00. The molecule has 3 aromatic carbocycles. The lowest BCUT2D eigenvalue weighted by atomic mass is 10.0. The molecule has 0 amide bonds. The summed E-state index contributed by atoms with van der Waals surface area (Å²) in [4.78, 5) is 27.7. The van der Waals surface area contributed by atoms with Crippen LogP contribution in [0.3, 0.4) is 0 Å². The molecule has 1 aromatic heterocycles. The van der Waals surface area contributed by atoms with Gasteiger partial charge in [-0.15, -0.1) is 0 Å². The Kier molecular flexibility index (Phi) is 7.94. The molecule has 0 spiro atoms. The zero-order valence-electron chi connectivity index (χ0n) is 22.8. The Bertz CT molecular complexity index is 1410. The number of nitrogens with zero attached hydrogens (tertiary/aromatic N) is 2. The first-order chi connectivity index (χ1) is 18.8. The molecule has 1 N–H and O–H groups in total. The standard InChI is InChI=1S/C33H35N3O3/c1-23-21-36(22-24(2)39-23)30-16-10-27(11-17-30)32(37)19-25-6-12-28(13-7-25)34-29-14-8-26(9-15-29)20-33(38)31-5-4-18-35(31)3/h4-18,23-24,34H,19-22H2,1-3H3. The predicted molar refractivity (Wildman–Crippen MR) is 156 cm³/mol. The second kappa shape index (κ2) is 11.7. The van der Waals surface area contributed by atoms with Crippen molar-refractivity contribution >= 4 is 28.6 Å². The van der Waals surface area contributed by atoms with Crippen LogP contribution in [0.5, 0.6) is 0 Å². The third kappa shape index (κ3) is 6.65. The maximum atomic E-state index is 12.9. The van der Waals surface area contributed by atoms with Crippen molar-refractivity contribution in [3.63, 3.8) is 0 Å². The molecule has 6 heteroatoms. The molecule has 2 heterocycles. The van der Waals surface area contributed by atoms with E-state index >= 15 is 0 Å². The molecule has 2 unspecified atom stereocenters. The lowest BCUT2D eigenvalue weighted by Crippen LogP contribution is -2.45. The smallest absolute Gasteiger partial charge is 0.183 e. The van der Waals surface area contributed by atoms with Crippen molar-refractivity contribution in [3.05, 3.63) is 114 Å². The highest BCUT2D eigenvalue weighted by atomic mass is 16.5. The average Bonchev–Trinajstić information content (AvgIpc) is 3.36. The molecule has 200 valence electrons. The molecule has 1 fully saturated rings. The van der Waals surface area contributed by atoms with Crippen molar-refractivity contribution in [3.8, 4) is 0 Å². The monoisotopic (exact) mass is 521 g/mol. The summed E-state index contributed by atoms with van der Waals surface area (Å²) in [7, 11) is 1.88. The van der Waals surface area contributed by atoms with Gasteiger partial charge in [0, 0.05) is 61.8 Å². The predicted octanol–water partition coefficient (Wildman–Crippen LogP) is 6.23. The number of carbonyl (C=O) groups is 2. The summed E-state index contributed by atoms with van der Waals surface area (Å²) in [6.45, 7) is 5.90. The van der Waals surface area contributed by atoms with Gasteiger partial charge < -0.3 is 19.5 Å². The number of aryl methyl sites for hydroxylation is 1. The number of ketones is 2. The second-order valence-electron chi connectivity index (χ2n) is 10.4. The lowest BCUT2D eigenvalue weighted by Gasteiger charge is -2.36. The van der Waals surface area contributed by atoms with E-state index in [1.165, 1.54) is 0 Å². The van der Waals surface area contributed by atoms with Crippen LogP contribution in [-0.4, -0.2) is 41.4 Å². The minimum Gasteiger partial charge on any atom is -0.372 e. The van der Waals surface area contributed by atoms with Gasteiger partial charge in [-0.25, -0.2) is 0 Å². The van der Waals surface area contributed by atoms with Gasteiger partial charge in [-0.05, 0) is 85.6 Å². The first-order valence-corrected chi connectivity index (χ1v) is 13.5. The number of hydrogen-bond donors (Lipinski definition) is 1. The van der Waals surface area contributed by atoms with E-state index in [-0.39, 0.29) is 23.8 Å². The fourth-order valence-corrected chi connectivity index (χ4v) is 5.14. The number of nitrogens with one attached hydrogen (secondary N) is 1. The Morgan fingerprint density at radius 2 is 1.31 bits per heavy atom. The van der Waals surface area contributed by atoms with E-state index in [0.717, 1.165) is 46.8 Å². The molecule has 1 saturated heterocycles. The van der Waals surface area contributed by atoms with Crippen LogP contribution < -0.4 is 10.2 Å². The number of benzene rings is 3. The molecule has 6 nitrogen and oxygen atoms in total. The first kappa shape index (κ1) is 26.4. The first-order valence-electron chi connectivity index (χ1n) is 13.5. The maximum Gasteiger partial charge on any atom is 0.183 e. The van der Waals surface area contributed by atoms with Gasteiger partial charge in [0.1, 0.15) is 0 Å². The van der Waals surface area contributed by atoms with Crippen LogP contribution in [0.2, 0.25) is 0 Å². The summed E-state index contributed by atoms with van der Waals surface area (Å²) in [5, 5.41) is 3.39. The van der Waals surface area contributed by atoms with Crippen molar-refractivity contribution in [1.29, 1.82) is 0 Å². The van der Waals surface area contributed by atoms with Crippen molar-refractivity contribution in [2.45, 2.75) is 38.9 Å². The van der Waals surface area contributed by atoms with Gasteiger partial charge in [-0.2, -0.15) is 0 Å². The van der Waals surface area contributed by atoms with Crippen LogP contribution in [0.15, 0.2) is 91.1 Å². The second-order valence-corrected chi connectivity index (χ2v) is 10.4. The van der Waals surface area contributed by atoms with Crippen LogP contribution in [-0.2, 0) is 24.6 Å². The number of ether oxygens (including phenoxy) is 1. The molecule has 0 bridgehead atoms. The summed E-state index contributed by atoms with van der Waals surface area (Å²) < 4.78 is 7.67. The number of rotatable bonds is 9. The number of aromatic nitrogens is 1. The fraction of sp³-hybridized carbons (Fsp3) is 0.273. The molecule has 0 saturated carbocycles. The van der Waals surface area contributed by atoms with Crippen LogP contribution >= 0.6 is 0 Å². The third-order valence-corrected chi connectivity index (χ3v) is 7.13. The van der Waals surface area contributed by atoms with Gasteiger partial charge in [0.15, 0.2) is 11.6 Å². The normalized spacial score (nSPS) is 17.2. The van der Waals surface area contributed by atoms with Gasteiger partial charge in [-0.3, -0.25) is 9.59 Å². The van der Waals surface area contributed by atoms with Crippen LogP contribution in [0.1, 0.15) is 45.8 Å². The maximum absolute atomic E-state index is 12.9. The Balaban J connectivity index is 1.14. The van der Waals surface area contributed by atoms with E-state index in [9.17, 15) is 9.59 Å². The Morgan fingerprint density at radius 1 is 0.769 bits per heavy atom. The molecular weight excluding hydrogens is 486 g/mol. The van der Waals surface area contributed by atoms with Crippen molar-refractivity contribution in [2.75, 3.05) is 23.3 Å². The molecule has 0 aliphatic carbocycles. The summed E-state index contributed by atoms with van der Waals surface area (Å²) >= 11 is 0. The third-order valence-electron chi connectivity index (χ3n) is 7.13. The number of carbonyl (C=O) groups excluding carboxylic acids is 2. The summed E-state index contributed by atoms with van der Waals surface area (Å²) in [5.74, 6) is 0.206. The topological polar surface area (TPSA) is 63.6 Å². The van der Waals surface area contributed by atoms with E-state index < -0.39 is 0 Å². The quantitative estimate of drug-likeness (QED) is 0.265. The molecule has 1 aliphatic heterocycles. The Hall–Kier alpha value is -4.16. The van der Waals surface area contributed by atoms with Gasteiger partial charge in [0.2, 0.25) is 0 Å². The largest absolute Gasteiger partial charge is 0.372 e. The Morgan fingerprint density at radius 3 is 1.82 bits per heavy atom. The molecule has 5 rings (SSSR count). The van der Waals surface area contributed by atoms with E-state index in [0.29, 0.717) is 18.5 Å². The van der Waals surface area contributed by atoms with E-state index in [4.69, 9.17) is 4.74 Å². The molecule has 0 radical (unpaired) electrons. The number of anilines is 3. The molecular formula is C33H35N3O3. The summed E-state index contributed by atoms with van der Waals surface area (Å²) in [5.41, 5.74) is 6.39. The minimum absolute atomic E-state index is 0.102. The van der Waals surface area contributed by atoms with Gasteiger partial charge in [0.25, 0.3) is 0 Å². The summed E-state index contributed by atoms with van der Waals surface area (Å²) in [6, 6.07) is 27.5. The highest BCUT2D eigenvalue weighted by molar-refractivity contribution is 5.98. The lowest BCUT2D eigenvalue weighted by molar-refractivity contribution is -0.00522. The highest BCUT2D eigenvalue weighted by Crippen LogP contribution is 2.23. The van der Waals surface area contributed by atoms with E-state index in [1.807, 2.05) is 103 Å². The molecule has 39 heavy (non-hydrogen) atoms. The van der Waals surface area contributed by atoms with Gasteiger partial charge >= 0.3 is 0 Å². The zero-order chi connectivity index (χ0) is 27.4. The van der Waals surface area contributed by atoms with Gasteiger partial charge in [0.05, 0.1) is 17.9 Å². The van der Waals surface area contributed by atoms with Crippen LogP contribution in [0.4, 0.5) is 17.1 Å². The van der Waals surface area contributed by atoms with Gasteiger partial charge in [-0.1, -0.05) is 24.3 Å². The SMILES string of the molecule is CC1CN(c2ccc(C(=O)Cc3ccc(Nc4ccc(CC(=O)c5cccn5C)cc4)cc3)cc2)CC(C)O1. The molecule has 4 aromatic rings. The van der Waals surface area contributed by atoms with E-state index in [2.05, 4.69) is 24.1 Å². The number of Topliss-reactive ketones (excluding diaryl/α,β-unsaturated/α-hetero) is 2. The van der Waals surface area contributed by atoms with E-state index in [1.54, 1.807) is 0 Å². The Labute approximate surface area is 230 Å². The fourth-order valence-electron chi connectivity index (χ4n) is 5.14. The van der Waals surface area contributed by atoms with Crippen LogP contribution in [0, 0.1) is 0 Å². The number of morpholine rings is 1. The van der Waals surface area contributed by atoms with Crippen molar-refractivity contribution in [2.24, 2.45) is 7.05 Å². The van der Waals surface area contributed by atoms with Crippen molar-refractivity contribution < 1.29 is 14.3 Å². The van der Waals surface area contributed by atoms with Crippen molar-refractivity contribution in [1.82, 2.24) is 4.57 Å². The molecule has 2 atom stereocenters. The average molecular weight is 522 g/mol.